The predicted molar refractivity (Wildman–Crippen MR) is 126 cm³/mol. The van der Waals surface area contributed by atoms with Crippen molar-refractivity contribution < 1.29 is 28.4 Å². The van der Waals surface area contributed by atoms with Crippen molar-refractivity contribution in [3.05, 3.63) is 77.6 Å². The van der Waals surface area contributed by atoms with Gasteiger partial charge < -0.3 is 16.0 Å². The molecule has 2 aromatic rings. The predicted octanol–water partition coefficient (Wildman–Crippen LogP) is 1.35. The van der Waals surface area contributed by atoms with Gasteiger partial charge >= 0.3 is 0 Å². The molecule has 0 aliphatic carbocycles. The Morgan fingerprint density at radius 2 is 1.74 bits per heavy atom. The van der Waals surface area contributed by atoms with E-state index in [0.717, 1.165) is 5.56 Å². The molecule has 1 aliphatic rings. The van der Waals surface area contributed by atoms with Crippen LogP contribution in [0.15, 0.2) is 60.7 Å². The largest absolute Gasteiger partial charge is 0.356 e. The molecule has 3 amide bonds. The molecule has 0 radical (unpaired) electrons. The Bertz CT molecular complexity index is 1100. The summed E-state index contributed by atoms with van der Waals surface area (Å²) >= 11 is 0. The van der Waals surface area contributed by atoms with E-state index in [1.54, 1.807) is 18.2 Å². The molecule has 3 N–H and O–H groups in total. The molecule has 9 heteroatoms. The zero-order valence-electron chi connectivity index (χ0n) is 18.9. The van der Waals surface area contributed by atoms with Gasteiger partial charge in [0.1, 0.15) is 11.9 Å². The second-order valence-electron chi connectivity index (χ2n) is 8.23. The fourth-order valence-corrected chi connectivity index (χ4v) is 3.78. The lowest BCUT2D eigenvalue weighted by Crippen LogP contribution is -2.53. The number of hydrogen-bond donors (Lipinski definition) is 3. The van der Waals surface area contributed by atoms with Gasteiger partial charge in [-0.2, -0.15) is 0 Å². The van der Waals surface area contributed by atoms with E-state index in [9.17, 15) is 28.4 Å². The molecule has 0 bridgehead atoms. The first-order valence-electron chi connectivity index (χ1n) is 11.2. The average Bonchev–Trinajstić information content (AvgIpc) is 3.27. The number of rotatable bonds is 11. The number of benzene rings is 2. The molecule has 1 heterocycles. The van der Waals surface area contributed by atoms with E-state index in [0.29, 0.717) is 18.5 Å². The minimum atomic E-state index is -1.21. The van der Waals surface area contributed by atoms with E-state index in [4.69, 9.17) is 0 Å². The van der Waals surface area contributed by atoms with Crippen molar-refractivity contribution in [3.63, 3.8) is 0 Å². The van der Waals surface area contributed by atoms with E-state index >= 15 is 0 Å². The lowest BCUT2D eigenvalue weighted by atomic mass is 9.95. The van der Waals surface area contributed by atoms with Gasteiger partial charge in [0.05, 0.1) is 6.04 Å². The summed E-state index contributed by atoms with van der Waals surface area (Å²) in [4.78, 5) is 60.9. The molecule has 0 aromatic heterocycles. The highest BCUT2D eigenvalue weighted by molar-refractivity contribution is 6.28. The summed E-state index contributed by atoms with van der Waals surface area (Å²) in [6.07, 6.45) is 3.44. The van der Waals surface area contributed by atoms with Crippen molar-refractivity contribution in [3.8, 4) is 0 Å². The van der Waals surface area contributed by atoms with Crippen LogP contribution < -0.4 is 16.0 Å². The molecule has 0 spiro atoms. The minimum absolute atomic E-state index is 0.0168. The van der Waals surface area contributed by atoms with Crippen molar-refractivity contribution in [2.24, 2.45) is 5.92 Å². The van der Waals surface area contributed by atoms with Gasteiger partial charge in [-0.15, -0.1) is 0 Å². The van der Waals surface area contributed by atoms with Gasteiger partial charge in [-0.3, -0.25) is 24.0 Å². The van der Waals surface area contributed by atoms with Crippen LogP contribution in [0.2, 0.25) is 0 Å². The Morgan fingerprint density at radius 3 is 2.37 bits per heavy atom. The number of carbonyl (C=O) groups is 5. The Morgan fingerprint density at radius 1 is 1.03 bits per heavy atom. The standard InChI is InChI=1S/C26H26FN3O5/c27-20-9-6-18(7-10-20)14-22(29-24(33)11-8-17-4-2-1-3-5-17)26(35)30-21(23(32)16-31)15-19-12-13-28-25(19)34/h1-11,16,19,21-22H,12-15H2,(H,28,34)(H,29,33)(H,30,35)/b11-8+/t19-,21-,22-/m0/s1. The highest BCUT2D eigenvalue weighted by atomic mass is 19.1. The number of hydrogen-bond acceptors (Lipinski definition) is 5. The zero-order valence-corrected chi connectivity index (χ0v) is 18.9. The normalized spacial score (nSPS) is 16.8. The van der Waals surface area contributed by atoms with Gasteiger partial charge in [-0.1, -0.05) is 42.5 Å². The van der Waals surface area contributed by atoms with Crippen LogP contribution in [0.1, 0.15) is 24.0 Å². The highest BCUT2D eigenvalue weighted by Crippen LogP contribution is 2.17. The summed E-state index contributed by atoms with van der Waals surface area (Å²) < 4.78 is 13.3. The van der Waals surface area contributed by atoms with Crippen LogP contribution in [0.3, 0.4) is 0 Å². The maximum atomic E-state index is 13.3. The van der Waals surface area contributed by atoms with Crippen molar-refractivity contribution >= 4 is 35.9 Å². The number of nitrogens with one attached hydrogen (secondary N) is 3. The fraction of sp³-hybridized carbons (Fsp3) is 0.269. The first kappa shape index (κ1) is 25.5. The molecular formula is C26H26FN3O5. The molecule has 182 valence electrons. The second-order valence-corrected chi connectivity index (χ2v) is 8.23. The Kier molecular flexibility index (Phi) is 9.00. The van der Waals surface area contributed by atoms with Crippen LogP contribution in [0, 0.1) is 11.7 Å². The van der Waals surface area contributed by atoms with E-state index in [-0.39, 0.29) is 25.0 Å². The zero-order chi connectivity index (χ0) is 25.2. The quantitative estimate of drug-likeness (QED) is 0.255. The molecule has 1 saturated heterocycles. The van der Waals surface area contributed by atoms with Crippen LogP contribution in [0.4, 0.5) is 4.39 Å². The van der Waals surface area contributed by atoms with Crippen molar-refractivity contribution in [2.75, 3.05) is 6.54 Å². The van der Waals surface area contributed by atoms with Gasteiger partial charge in [0, 0.05) is 25.0 Å². The lowest BCUT2D eigenvalue weighted by Gasteiger charge is -2.23. The topological polar surface area (TPSA) is 121 Å². The molecule has 0 unspecified atom stereocenters. The summed E-state index contributed by atoms with van der Waals surface area (Å²) in [7, 11) is 0. The third kappa shape index (κ3) is 7.70. The second kappa shape index (κ2) is 12.4. The number of halogens is 1. The third-order valence-corrected chi connectivity index (χ3v) is 5.67. The molecule has 2 aromatic carbocycles. The van der Waals surface area contributed by atoms with Crippen LogP contribution >= 0.6 is 0 Å². The number of aldehydes is 1. The summed E-state index contributed by atoms with van der Waals surface area (Å²) in [6.45, 7) is 0.455. The Balaban J connectivity index is 1.75. The van der Waals surface area contributed by atoms with Crippen molar-refractivity contribution in [1.29, 1.82) is 0 Å². The molecule has 8 nitrogen and oxygen atoms in total. The molecule has 0 saturated carbocycles. The summed E-state index contributed by atoms with van der Waals surface area (Å²) in [6, 6.07) is 12.2. The molecule has 3 atom stereocenters. The van der Waals surface area contributed by atoms with Gasteiger partial charge in [0.2, 0.25) is 23.5 Å². The van der Waals surface area contributed by atoms with E-state index < -0.39 is 41.4 Å². The number of ketones is 1. The first-order chi connectivity index (χ1) is 16.9. The summed E-state index contributed by atoms with van der Waals surface area (Å²) in [5.41, 5.74) is 1.36. The maximum Gasteiger partial charge on any atom is 0.244 e. The molecule has 1 fully saturated rings. The molecular weight excluding hydrogens is 453 g/mol. The Hall–Kier alpha value is -4.14. The average molecular weight is 480 g/mol. The van der Waals surface area contributed by atoms with Crippen LogP contribution in [-0.2, 0) is 30.4 Å². The van der Waals surface area contributed by atoms with Crippen LogP contribution in [0.5, 0.6) is 0 Å². The SMILES string of the molecule is O=CC(=O)[C@H](C[C@@H]1CCNC1=O)NC(=O)[C@H](Cc1ccc(F)cc1)NC(=O)/C=C/c1ccccc1. The number of amides is 3. The van der Waals surface area contributed by atoms with E-state index in [1.807, 2.05) is 18.2 Å². The lowest BCUT2D eigenvalue weighted by molar-refractivity contribution is -0.135. The van der Waals surface area contributed by atoms with Crippen LogP contribution in [-0.4, -0.2) is 48.4 Å². The van der Waals surface area contributed by atoms with Crippen LogP contribution in [0.25, 0.3) is 6.08 Å². The van der Waals surface area contributed by atoms with Crippen molar-refractivity contribution in [1.82, 2.24) is 16.0 Å². The maximum absolute atomic E-state index is 13.3. The minimum Gasteiger partial charge on any atom is -0.356 e. The summed E-state index contributed by atoms with van der Waals surface area (Å²) in [5.74, 6) is -3.32. The van der Waals surface area contributed by atoms with Gasteiger partial charge in [-0.05, 0) is 42.2 Å². The van der Waals surface area contributed by atoms with Gasteiger partial charge in [-0.25, -0.2) is 4.39 Å². The highest BCUT2D eigenvalue weighted by Gasteiger charge is 2.32. The van der Waals surface area contributed by atoms with Crippen molar-refractivity contribution in [2.45, 2.75) is 31.3 Å². The fourth-order valence-electron chi connectivity index (χ4n) is 3.78. The van der Waals surface area contributed by atoms with Gasteiger partial charge in [0.15, 0.2) is 6.29 Å². The number of Topliss-reactive ketones (excluding diaryl/α,β-unsaturated/α-hetero) is 1. The van der Waals surface area contributed by atoms with E-state index in [2.05, 4.69) is 16.0 Å². The Labute approximate surface area is 202 Å². The smallest absolute Gasteiger partial charge is 0.244 e. The summed E-state index contributed by atoms with van der Waals surface area (Å²) in [5, 5.41) is 7.77. The molecule has 35 heavy (non-hydrogen) atoms. The first-order valence-corrected chi connectivity index (χ1v) is 11.2. The third-order valence-electron chi connectivity index (χ3n) is 5.67. The van der Waals surface area contributed by atoms with Gasteiger partial charge in [0.25, 0.3) is 0 Å². The monoisotopic (exact) mass is 479 g/mol. The number of carbonyl (C=O) groups excluding carboxylic acids is 5. The molecule has 1 aliphatic heterocycles. The van der Waals surface area contributed by atoms with E-state index in [1.165, 1.54) is 30.3 Å². The molecule has 3 rings (SSSR count).